The van der Waals surface area contributed by atoms with Gasteiger partial charge in [-0.25, -0.2) is 9.18 Å². The minimum Gasteiger partial charge on any atom is -0.453 e. The SMILES string of the molecule is COCCNCc1ccc(-c2cc3nccc(Oc4ccc(NC(=O)OCC(F)(F)F)cc4F)c3s2)nc1. The molecule has 4 aromatic rings. The molecule has 2 N–H and O–H groups in total. The zero-order valence-electron chi connectivity index (χ0n) is 20.0. The van der Waals surface area contributed by atoms with Gasteiger partial charge in [-0.15, -0.1) is 11.3 Å². The van der Waals surface area contributed by atoms with Gasteiger partial charge in [0.15, 0.2) is 18.2 Å². The third-order valence-corrected chi connectivity index (χ3v) is 6.19. The number of ether oxygens (including phenoxy) is 3. The molecule has 4 rings (SSSR count). The van der Waals surface area contributed by atoms with E-state index in [1.54, 1.807) is 19.4 Å². The molecule has 1 amide bonds. The number of alkyl halides is 3. The van der Waals surface area contributed by atoms with Gasteiger partial charge in [-0.1, -0.05) is 6.07 Å². The first-order valence-corrected chi connectivity index (χ1v) is 12.0. The van der Waals surface area contributed by atoms with Gasteiger partial charge in [-0.3, -0.25) is 15.3 Å². The van der Waals surface area contributed by atoms with Crippen LogP contribution in [0.1, 0.15) is 5.56 Å². The first-order valence-electron chi connectivity index (χ1n) is 11.2. The summed E-state index contributed by atoms with van der Waals surface area (Å²) in [6.07, 6.45) is -2.71. The molecular weight excluding hydrogens is 528 g/mol. The summed E-state index contributed by atoms with van der Waals surface area (Å²) in [5, 5.41) is 5.29. The molecule has 1 aromatic carbocycles. The maximum Gasteiger partial charge on any atom is 0.422 e. The fraction of sp³-hybridized carbons (Fsp3) is 0.240. The van der Waals surface area contributed by atoms with Crippen molar-refractivity contribution in [3.05, 3.63) is 66.2 Å². The van der Waals surface area contributed by atoms with Crippen molar-refractivity contribution in [3.8, 4) is 22.1 Å². The topological polar surface area (TPSA) is 94.6 Å². The van der Waals surface area contributed by atoms with Crippen LogP contribution in [0, 0.1) is 5.82 Å². The fourth-order valence-electron chi connectivity index (χ4n) is 3.28. The molecule has 0 spiro atoms. The summed E-state index contributed by atoms with van der Waals surface area (Å²) in [5.74, 6) is -0.628. The largest absolute Gasteiger partial charge is 0.453 e. The van der Waals surface area contributed by atoms with Crippen molar-refractivity contribution in [2.45, 2.75) is 12.7 Å². The number of hydrogen-bond acceptors (Lipinski definition) is 8. The number of thiophene rings is 1. The summed E-state index contributed by atoms with van der Waals surface area (Å²) in [4.78, 5) is 21.2. The number of halogens is 4. The Bertz CT molecular complexity index is 1400. The molecule has 0 atom stereocenters. The highest BCUT2D eigenvalue weighted by atomic mass is 32.1. The molecule has 0 aliphatic heterocycles. The van der Waals surface area contributed by atoms with E-state index in [0.717, 1.165) is 28.7 Å². The van der Waals surface area contributed by atoms with Crippen molar-refractivity contribution in [2.24, 2.45) is 0 Å². The molecule has 3 aromatic heterocycles. The maximum absolute atomic E-state index is 14.7. The van der Waals surface area contributed by atoms with E-state index in [-0.39, 0.29) is 11.4 Å². The lowest BCUT2D eigenvalue weighted by molar-refractivity contribution is -0.159. The molecule has 200 valence electrons. The Hall–Kier alpha value is -3.81. The number of carbonyl (C=O) groups excluding carboxylic acids is 1. The minimum atomic E-state index is -4.67. The molecule has 13 heteroatoms. The first kappa shape index (κ1) is 27.2. The van der Waals surface area contributed by atoms with Crippen LogP contribution in [0.15, 0.2) is 54.9 Å². The summed E-state index contributed by atoms with van der Waals surface area (Å²) in [6.45, 7) is 0.263. The van der Waals surface area contributed by atoms with Crippen molar-refractivity contribution in [3.63, 3.8) is 0 Å². The quantitative estimate of drug-likeness (QED) is 0.181. The van der Waals surface area contributed by atoms with Gasteiger partial charge < -0.3 is 19.5 Å². The molecule has 0 radical (unpaired) electrons. The van der Waals surface area contributed by atoms with Crippen LogP contribution in [0.2, 0.25) is 0 Å². The highest BCUT2D eigenvalue weighted by Crippen LogP contribution is 2.39. The smallest absolute Gasteiger partial charge is 0.422 e. The van der Waals surface area contributed by atoms with Gasteiger partial charge >= 0.3 is 12.3 Å². The second-order valence-corrected chi connectivity index (χ2v) is 8.97. The lowest BCUT2D eigenvalue weighted by Crippen LogP contribution is -2.23. The number of aromatic nitrogens is 2. The number of methoxy groups -OCH3 is 1. The van der Waals surface area contributed by atoms with Gasteiger partial charge in [0.1, 0.15) is 5.75 Å². The Morgan fingerprint density at radius 2 is 1.92 bits per heavy atom. The van der Waals surface area contributed by atoms with E-state index < -0.39 is 24.7 Å². The van der Waals surface area contributed by atoms with Crippen LogP contribution in [0.25, 0.3) is 20.8 Å². The van der Waals surface area contributed by atoms with Crippen LogP contribution < -0.4 is 15.4 Å². The average Bonchev–Trinajstić information content (AvgIpc) is 3.32. The fourth-order valence-corrected chi connectivity index (χ4v) is 4.33. The monoisotopic (exact) mass is 550 g/mol. The Morgan fingerprint density at radius 1 is 1.08 bits per heavy atom. The van der Waals surface area contributed by atoms with Gasteiger partial charge in [-0.05, 0) is 29.8 Å². The minimum absolute atomic E-state index is 0.0938. The summed E-state index contributed by atoms with van der Waals surface area (Å²) >= 11 is 1.38. The average molecular weight is 551 g/mol. The van der Waals surface area contributed by atoms with E-state index >= 15 is 0 Å². The van der Waals surface area contributed by atoms with E-state index in [1.165, 1.54) is 29.7 Å². The van der Waals surface area contributed by atoms with Crippen LogP contribution in [0.5, 0.6) is 11.5 Å². The van der Waals surface area contributed by atoms with E-state index in [4.69, 9.17) is 9.47 Å². The Labute approximate surface area is 218 Å². The number of fused-ring (bicyclic) bond motifs is 1. The highest BCUT2D eigenvalue weighted by Gasteiger charge is 2.29. The summed E-state index contributed by atoms with van der Waals surface area (Å²) in [5.41, 5.74) is 2.32. The Balaban J connectivity index is 1.45. The molecule has 0 fully saturated rings. The van der Waals surface area contributed by atoms with Crippen molar-refractivity contribution in [1.82, 2.24) is 15.3 Å². The predicted octanol–water partition coefficient (Wildman–Crippen LogP) is 6.14. The number of pyridine rings is 2. The molecule has 0 unspecified atom stereocenters. The van der Waals surface area contributed by atoms with Crippen molar-refractivity contribution < 1.29 is 36.6 Å². The second kappa shape index (κ2) is 12.2. The Morgan fingerprint density at radius 3 is 2.63 bits per heavy atom. The van der Waals surface area contributed by atoms with Gasteiger partial charge in [0.2, 0.25) is 0 Å². The van der Waals surface area contributed by atoms with E-state index in [9.17, 15) is 22.4 Å². The maximum atomic E-state index is 14.7. The molecule has 38 heavy (non-hydrogen) atoms. The number of anilines is 1. The standard InChI is InChI=1S/C25H22F4N4O4S/c1-35-9-8-30-12-15-2-4-18(32-13-15)22-11-19-23(38-22)21(6-7-31-19)37-20-5-3-16(10-17(20)26)33-24(34)36-14-25(27,28)29/h2-7,10-11,13,30H,8-9,12,14H2,1H3,(H,33,34). The van der Waals surface area contributed by atoms with Crippen LogP contribution in [0.4, 0.5) is 28.0 Å². The number of carbonyl (C=O) groups is 1. The molecule has 0 aliphatic carbocycles. The van der Waals surface area contributed by atoms with E-state index in [0.29, 0.717) is 29.1 Å². The van der Waals surface area contributed by atoms with Crippen molar-refractivity contribution in [2.75, 3.05) is 32.2 Å². The van der Waals surface area contributed by atoms with E-state index in [2.05, 4.69) is 20.0 Å². The lowest BCUT2D eigenvalue weighted by Gasteiger charge is -2.11. The zero-order valence-corrected chi connectivity index (χ0v) is 20.8. The molecule has 8 nitrogen and oxygen atoms in total. The molecule has 0 saturated carbocycles. The molecule has 3 heterocycles. The number of nitrogens with one attached hydrogen (secondary N) is 2. The van der Waals surface area contributed by atoms with E-state index in [1.807, 2.05) is 23.5 Å². The molecule has 0 aliphatic rings. The molecule has 0 bridgehead atoms. The van der Waals surface area contributed by atoms with Gasteiger partial charge in [0, 0.05) is 50.4 Å². The highest BCUT2D eigenvalue weighted by molar-refractivity contribution is 7.22. The lowest BCUT2D eigenvalue weighted by atomic mass is 10.2. The van der Waals surface area contributed by atoms with Gasteiger partial charge in [0.05, 0.1) is 27.4 Å². The van der Waals surface area contributed by atoms with Crippen LogP contribution >= 0.6 is 11.3 Å². The normalized spacial score (nSPS) is 11.5. The summed E-state index contributed by atoms with van der Waals surface area (Å²) in [6, 6.07) is 10.8. The molecule has 0 saturated heterocycles. The zero-order chi connectivity index (χ0) is 27.1. The van der Waals surface area contributed by atoms with Crippen LogP contribution in [-0.4, -0.2) is 49.1 Å². The number of rotatable bonds is 10. The van der Waals surface area contributed by atoms with Crippen molar-refractivity contribution in [1.29, 1.82) is 0 Å². The predicted molar refractivity (Wildman–Crippen MR) is 134 cm³/mol. The van der Waals surface area contributed by atoms with Crippen LogP contribution in [0.3, 0.4) is 0 Å². The third kappa shape index (κ3) is 7.37. The number of nitrogens with zero attached hydrogens (tertiary/aromatic N) is 2. The first-order chi connectivity index (χ1) is 18.2. The summed E-state index contributed by atoms with van der Waals surface area (Å²) < 4.78 is 66.7. The summed E-state index contributed by atoms with van der Waals surface area (Å²) in [7, 11) is 1.65. The second-order valence-electron chi connectivity index (χ2n) is 7.92. The van der Waals surface area contributed by atoms with Crippen LogP contribution in [-0.2, 0) is 16.0 Å². The van der Waals surface area contributed by atoms with Gasteiger partial charge in [-0.2, -0.15) is 13.2 Å². The number of amides is 1. The van der Waals surface area contributed by atoms with Gasteiger partial charge in [0.25, 0.3) is 0 Å². The number of hydrogen-bond donors (Lipinski definition) is 2. The molecular formula is C25H22F4N4O4S. The van der Waals surface area contributed by atoms with Crippen molar-refractivity contribution >= 4 is 33.3 Å². The Kier molecular flexibility index (Phi) is 8.71. The third-order valence-electron chi connectivity index (χ3n) is 5.03. The number of benzene rings is 1.